The van der Waals surface area contributed by atoms with Gasteiger partial charge in [0, 0.05) is 10.0 Å². The molecular weight excluding hydrogens is 317 g/mol. The molecule has 3 rings (SSSR count). The number of hydrogen-bond acceptors (Lipinski definition) is 1. The Balaban J connectivity index is 2.06. The summed E-state index contributed by atoms with van der Waals surface area (Å²) in [6.45, 7) is 0. The highest BCUT2D eigenvalue weighted by atomic mass is 79.9. The van der Waals surface area contributed by atoms with Gasteiger partial charge in [0.15, 0.2) is 0 Å². The van der Waals surface area contributed by atoms with Gasteiger partial charge in [0.2, 0.25) is 0 Å². The number of fused-ring (bicyclic) bond motifs is 1. The number of aryl methyl sites for hydroxylation is 2. The summed E-state index contributed by atoms with van der Waals surface area (Å²) in [5, 5.41) is 3.24. The molecule has 1 N–H and O–H groups in total. The zero-order valence-corrected chi connectivity index (χ0v) is 13.0. The van der Waals surface area contributed by atoms with Gasteiger partial charge in [-0.05, 0) is 55.1 Å². The van der Waals surface area contributed by atoms with E-state index in [0.717, 1.165) is 16.5 Å². The van der Waals surface area contributed by atoms with E-state index in [9.17, 15) is 4.39 Å². The summed E-state index contributed by atoms with van der Waals surface area (Å²) in [5.41, 5.74) is 4.65. The first-order valence-corrected chi connectivity index (χ1v) is 7.73. The number of halogens is 2. The van der Waals surface area contributed by atoms with Crippen molar-refractivity contribution in [3.63, 3.8) is 0 Å². The van der Waals surface area contributed by atoms with E-state index < -0.39 is 0 Å². The zero-order chi connectivity index (χ0) is 14.1. The van der Waals surface area contributed by atoms with Gasteiger partial charge in [0.1, 0.15) is 5.82 Å². The van der Waals surface area contributed by atoms with E-state index in [0.29, 0.717) is 5.56 Å². The average molecular weight is 334 g/mol. The van der Waals surface area contributed by atoms with Crippen LogP contribution in [0.5, 0.6) is 0 Å². The maximum atomic E-state index is 14.2. The molecule has 1 aliphatic carbocycles. The van der Waals surface area contributed by atoms with Gasteiger partial charge in [0.05, 0.1) is 6.04 Å². The molecule has 104 valence electrons. The number of hydrogen-bond donors (Lipinski definition) is 1. The Hall–Kier alpha value is -1.19. The topological polar surface area (TPSA) is 12.0 Å². The van der Waals surface area contributed by atoms with Crippen LogP contribution in [0.25, 0.3) is 0 Å². The monoisotopic (exact) mass is 333 g/mol. The number of nitrogens with one attached hydrogen (secondary N) is 1. The lowest BCUT2D eigenvalue weighted by atomic mass is 9.95. The summed E-state index contributed by atoms with van der Waals surface area (Å²) in [6, 6.07) is 11.5. The van der Waals surface area contributed by atoms with Crippen LogP contribution in [0, 0.1) is 5.82 Å². The first kappa shape index (κ1) is 13.8. The molecule has 0 saturated heterocycles. The second kappa shape index (κ2) is 5.66. The van der Waals surface area contributed by atoms with E-state index in [1.54, 1.807) is 6.07 Å². The van der Waals surface area contributed by atoms with Crippen molar-refractivity contribution in [2.24, 2.45) is 0 Å². The lowest BCUT2D eigenvalue weighted by Crippen LogP contribution is -2.19. The molecule has 0 spiro atoms. The van der Waals surface area contributed by atoms with Gasteiger partial charge in [-0.25, -0.2) is 4.39 Å². The fraction of sp³-hybridized carbons (Fsp3) is 0.294. The van der Waals surface area contributed by atoms with Crippen LogP contribution in [0.3, 0.4) is 0 Å². The van der Waals surface area contributed by atoms with Crippen LogP contribution < -0.4 is 5.32 Å². The van der Waals surface area contributed by atoms with Crippen LogP contribution in [0.1, 0.15) is 34.7 Å². The summed E-state index contributed by atoms with van der Waals surface area (Å²) in [7, 11) is 1.87. The van der Waals surface area contributed by atoms with Crippen molar-refractivity contribution in [3.05, 3.63) is 68.9 Å². The van der Waals surface area contributed by atoms with Gasteiger partial charge >= 0.3 is 0 Å². The Labute approximate surface area is 127 Å². The Morgan fingerprint density at radius 1 is 1.15 bits per heavy atom. The first-order chi connectivity index (χ1) is 9.70. The average Bonchev–Trinajstić information content (AvgIpc) is 2.90. The molecule has 2 aromatic carbocycles. The first-order valence-electron chi connectivity index (χ1n) is 6.93. The second-order valence-corrected chi connectivity index (χ2v) is 6.09. The molecule has 1 nitrogen and oxygen atoms in total. The predicted octanol–water partition coefficient (Wildman–Crippen LogP) is 4.39. The summed E-state index contributed by atoms with van der Waals surface area (Å²) < 4.78 is 15.0. The molecule has 1 atom stereocenters. The summed E-state index contributed by atoms with van der Waals surface area (Å²) in [5.74, 6) is -0.181. The van der Waals surface area contributed by atoms with Crippen molar-refractivity contribution in [2.75, 3.05) is 7.05 Å². The molecule has 0 radical (unpaired) electrons. The lowest BCUT2D eigenvalue weighted by molar-refractivity contribution is 0.573. The third-order valence-corrected chi connectivity index (χ3v) is 4.72. The van der Waals surface area contributed by atoms with Crippen LogP contribution in [-0.2, 0) is 12.8 Å². The summed E-state index contributed by atoms with van der Waals surface area (Å²) in [4.78, 5) is 0. The largest absolute Gasteiger partial charge is 0.309 e. The minimum atomic E-state index is -0.181. The van der Waals surface area contributed by atoms with Crippen LogP contribution >= 0.6 is 15.9 Å². The quantitative estimate of drug-likeness (QED) is 0.878. The Bertz CT molecular complexity index is 619. The van der Waals surface area contributed by atoms with Crippen molar-refractivity contribution in [3.8, 4) is 0 Å². The lowest BCUT2D eigenvalue weighted by Gasteiger charge is -2.20. The normalized spacial score (nSPS) is 15.2. The molecule has 0 bridgehead atoms. The van der Waals surface area contributed by atoms with Crippen LogP contribution in [0.2, 0.25) is 0 Å². The van der Waals surface area contributed by atoms with Crippen LogP contribution in [0.4, 0.5) is 4.39 Å². The molecule has 3 heteroatoms. The summed E-state index contributed by atoms with van der Waals surface area (Å²) >= 11 is 3.47. The molecule has 2 aromatic rings. The van der Waals surface area contributed by atoms with Crippen molar-refractivity contribution in [1.82, 2.24) is 5.32 Å². The molecule has 1 unspecified atom stereocenters. The van der Waals surface area contributed by atoms with Gasteiger partial charge in [0.25, 0.3) is 0 Å². The molecule has 0 heterocycles. The fourth-order valence-electron chi connectivity index (χ4n) is 3.04. The van der Waals surface area contributed by atoms with Crippen molar-refractivity contribution >= 4 is 15.9 Å². The maximum absolute atomic E-state index is 14.2. The molecule has 0 aliphatic heterocycles. The molecule has 0 amide bonds. The van der Waals surface area contributed by atoms with Gasteiger partial charge < -0.3 is 5.32 Å². The van der Waals surface area contributed by atoms with Gasteiger partial charge in [-0.3, -0.25) is 0 Å². The van der Waals surface area contributed by atoms with Gasteiger partial charge in [-0.15, -0.1) is 0 Å². The van der Waals surface area contributed by atoms with E-state index in [1.807, 2.05) is 13.1 Å². The Morgan fingerprint density at radius 2 is 1.95 bits per heavy atom. The zero-order valence-electron chi connectivity index (χ0n) is 11.4. The van der Waals surface area contributed by atoms with Crippen molar-refractivity contribution < 1.29 is 4.39 Å². The highest BCUT2D eigenvalue weighted by molar-refractivity contribution is 9.10. The highest BCUT2D eigenvalue weighted by Gasteiger charge is 2.21. The SMILES string of the molecule is CNC(c1ccc2c(c1)CCC2)c1c(F)cccc1Br. The third-order valence-electron chi connectivity index (χ3n) is 4.03. The summed E-state index contributed by atoms with van der Waals surface area (Å²) in [6.07, 6.45) is 3.54. The van der Waals surface area contributed by atoms with Crippen molar-refractivity contribution in [1.29, 1.82) is 0 Å². The highest BCUT2D eigenvalue weighted by Crippen LogP contribution is 2.33. The van der Waals surface area contributed by atoms with Crippen LogP contribution in [0.15, 0.2) is 40.9 Å². The Kier molecular flexibility index (Phi) is 3.90. The molecule has 0 fully saturated rings. The smallest absolute Gasteiger partial charge is 0.129 e. The fourth-order valence-corrected chi connectivity index (χ4v) is 3.61. The third kappa shape index (κ3) is 2.40. The second-order valence-electron chi connectivity index (χ2n) is 5.24. The molecule has 0 saturated carbocycles. The van der Waals surface area contributed by atoms with Crippen LogP contribution in [-0.4, -0.2) is 7.05 Å². The standard InChI is InChI=1S/C17H17BrFN/c1-20-17(16-14(18)6-3-7-15(16)19)13-9-8-11-4-2-5-12(11)10-13/h3,6-10,17,20H,2,4-5H2,1H3. The minimum absolute atomic E-state index is 0.128. The van der Waals surface area contributed by atoms with E-state index in [2.05, 4.69) is 39.4 Å². The molecule has 0 aromatic heterocycles. The van der Waals surface area contributed by atoms with Gasteiger partial charge in [-0.2, -0.15) is 0 Å². The van der Waals surface area contributed by atoms with E-state index in [4.69, 9.17) is 0 Å². The maximum Gasteiger partial charge on any atom is 0.129 e. The minimum Gasteiger partial charge on any atom is -0.309 e. The van der Waals surface area contributed by atoms with Gasteiger partial charge in [-0.1, -0.05) is 40.2 Å². The van der Waals surface area contributed by atoms with E-state index in [1.165, 1.54) is 30.0 Å². The molecular formula is C17H17BrFN. The van der Waals surface area contributed by atoms with E-state index >= 15 is 0 Å². The number of benzene rings is 2. The predicted molar refractivity (Wildman–Crippen MR) is 83.5 cm³/mol. The molecule has 1 aliphatic rings. The number of rotatable bonds is 3. The van der Waals surface area contributed by atoms with Crippen molar-refractivity contribution in [2.45, 2.75) is 25.3 Å². The molecule has 20 heavy (non-hydrogen) atoms. The van der Waals surface area contributed by atoms with E-state index in [-0.39, 0.29) is 11.9 Å². The Morgan fingerprint density at radius 3 is 2.70 bits per heavy atom.